The Bertz CT molecular complexity index is 338. The molecule has 0 spiro atoms. The minimum atomic E-state index is -1.43. The molecular weight excluding hydrogens is 173 g/mol. The van der Waals surface area contributed by atoms with E-state index in [2.05, 4.69) is 0 Å². The zero-order chi connectivity index (χ0) is 10.0. The highest BCUT2D eigenvalue weighted by Gasteiger charge is 2.16. The third-order valence-corrected chi connectivity index (χ3v) is 1.81. The number of aryl methyl sites for hydroxylation is 1. The van der Waals surface area contributed by atoms with Gasteiger partial charge in [-0.2, -0.15) is 0 Å². The second-order valence-corrected chi connectivity index (χ2v) is 2.81. The van der Waals surface area contributed by atoms with Crippen LogP contribution in [0.2, 0.25) is 0 Å². The molecule has 1 unspecified atom stereocenters. The molecule has 0 bridgehead atoms. The number of rotatable bonds is 2. The van der Waals surface area contributed by atoms with Crippen LogP contribution in [0.4, 0.5) is 4.39 Å². The highest BCUT2D eigenvalue weighted by Crippen LogP contribution is 2.18. The van der Waals surface area contributed by atoms with E-state index in [1.165, 1.54) is 12.1 Å². The van der Waals surface area contributed by atoms with Crippen LogP contribution in [0.5, 0.6) is 0 Å². The maximum atomic E-state index is 12.7. The molecule has 1 atom stereocenters. The average molecular weight is 183 g/mol. The first-order valence-electron chi connectivity index (χ1n) is 3.76. The summed E-state index contributed by atoms with van der Waals surface area (Å²) in [6, 6.07) is 3.84. The van der Waals surface area contributed by atoms with Crippen molar-refractivity contribution in [2.24, 2.45) is 5.73 Å². The Hall–Kier alpha value is -1.42. The van der Waals surface area contributed by atoms with E-state index in [9.17, 15) is 14.3 Å². The van der Waals surface area contributed by atoms with E-state index in [1.807, 2.05) is 0 Å². The molecule has 1 aromatic rings. The number of carbonyl (C=O) groups excluding carboxylic acids is 1. The van der Waals surface area contributed by atoms with Gasteiger partial charge in [0.15, 0.2) is 6.10 Å². The van der Waals surface area contributed by atoms with Gasteiger partial charge in [-0.1, -0.05) is 6.07 Å². The molecule has 3 N–H and O–H groups in total. The predicted octanol–water partition coefficient (Wildman–Crippen LogP) is 0.653. The molecule has 0 heterocycles. The quantitative estimate of drug-likeness (QED) is 0.707. The molecule has 0 saturated heterocycles. The van der Waals surface area contributed by atoms with Crippen molar-refractivity contribution in [3.8, 4) is 0 Å². The molecule has 0 aliphatic rings. The molecule has 3 nitrogen and oxygen atoms in total. The molecule has 0 radical (unpaired) electrons. The van der Waals surface area contributed by atoms with Gasteiger partial charge in [-0.25, -0.2) is 4.39 Å². The number of primary amides is 1. The predicted molar refractivity (Wildman–Crippen MR) is 45.3 cm³/mol. The molecule has 0 aliphatic carbocycles. The lowest BCUT2D eigenvalue weighted by molar-refractivity contribution is -0.126. The van der Waals surface area contributed by atoms with Crippen molar-refractivity contribution in [2.75, 3.05) is 0 Å². The van der Waals surface area contributed by atoms with Gasteiger partial charge >= 0.3 is 0 Å². The number of hydrogen-bond donors (Lipinski definition) is 2. The van der Waals surface area contributed by atoms with Crippen LogP contribution in [0, 0.1) is 12.7 Å². The minimum Gasteiger partial charge on any atom is -0.378 e. The van der Waals surface area contributed by atoms with Crippen LogP contribution in [-0.4, -0.2) is 11.0 Å². The Morgan fingerprint density at radius 1 is 1.62 bits per heavy atom. The fraction of sp³-hybridized carbons (Fsp3) is 0.222. The Labute approximate surface area is 75.0 Å². The van der Waals surface area contributed by atoms with Crippen molar-refractivity contribution in [3.63, 3.8) is 0 Å². The van der Waals surface area contributed by atoms with Crippen LogP contribution in [0.15, 0.2) is 18.2 Å². The average Bonchev–Trinajstić information content (AvgIpc) is 2.08. The smallest absolute Gasteiger partial charge is 0.250 e. The van der Waals surface area contributed by atoms with Crippen molar-refractivity contribution in [2.45, 2.75) is 13.0 Å². The zero-order valence-electron chi connectivity index (χ0n) is 7.12. The Morgan fingerprint density at radius 2 is 2.23 bits per heavy atom. The summed E-state index contributed by atoms with van der Waals surface area (Å²) in [5.41, 5.74) is 5.72. The van der Waals surface area contributed by atoms with E-state index >= 15 is 0 Å². The molecule has 4 heteroatoms. The van der Waals surface area contributed by atoms with Gasteiger partial charge in [-0.05, 0) is 30.2 Å². The summed E-state index contributed by atoms with van der Waals surface area (Å²) in [6.45, 7) is 1.67. The van der Waals surface area contributed by atoms with Gasteiger partial charge in [-0.15, -0.1) is 0 Å². The van der Waals surface area contributed by atoms with Crippen molar-refractivity contribution < 1.29 is 14.3 Å². The van der Waals surface area contributed by atoms with Crippen LogP contribution in [0.25, 0.3) is 0 Å². The van der Waals surface area contributed by atoms with Gasteiger partial charge in [0.1, 0.15) is 5.82 Å². The first kappa shape index (κ1) is 9.67. The number of benzene rings is 1. The van der Waals surface area contributed by atoms with Gasteiger partial charge in [-0.3, -0.25) is 4.79 Å². The van der Waals surface area contributed by atoms with Gasteiger partial charge in [0.2, 0.25) is 0 Å². The second kappa shape index (κ2) is 3.53. The van der Waals surface area contributed by atoms with Crippen molar-refractivity contribution >= 4 is 5.91 Å². The molecule has 0 fully saturated rings. The lowest BCUT2D eigenvalue weighted by Gasteiger charge is -2.09. The zero-order valence-corrected chi connectivity index (χ0v) is 7.12. The summed E-state index contributed by atoms with van der Waals surface area (Å²) in [5, 5.41) is 9.26. The third-order valence-electron chi connectivity index (χ3n) is 1.81. The highest BCUT2D eigenvalue weighted by molar-refractivity contribution is 5.80. The number of nitrogens with two attached hydrogens (primary N) is 1. The van der Waals surface area contributed by atoms with Gasteiger partial charge in [0.25, 0.3) is 5.91 Å². The summed E-state index contributed by atoms with van der Waals surface area (Å²) >= 11 is 0. The lowest BCUT2D eigenvalue weighted by atomic mass is 10.0. The van der Waals surface area contributed by atoms with Gasteiger partial charge in [0, 0.05) is 0 Å². The molecule has 70 valence electrons. The summed E-state index contributed by atoms with van der Waals surface area (Å²) < 4.78 is 12.7. The first-order valence-corrected chi connectivity index (χ1v) is 3.76. The number of hydrogen-bond acceptors (Lipinski definition) is 2. The Kier molecular flexibility index (Phi) is 2.63. The molecule has 0 aliphatic heterocycles. The number of carbonyl (C=O) groups is 1. The minimum absolute atomic E-state index is 0.215. The number of amides is 1. The highest BCUT2D eigenvalue weighted by atomic mass is 19.1. The molecular formula is C9H10FNO2. The number of halogens is 1. The molecule has 0 aromatic heterocycles. The van der Waals surface area contributed by atoms with E-state index in [0.717, 1.165) is 6.07 Å². The van der Waals surface area contributed by atoms with Crippen molar-refractivity contribution in [1.29, 1.82) is 0 Å². The van der Waals surface area contributed by atoms with Crippen LogP contribution < -0.4 is 5.73 Å². The molecule has 1 amide bonds. The van der Waals surface area contributed by atoms with Crippen molar-refractivity contribution in [3.05, 3.63) is 35.1 Å². The van der Waals surface area contributed by atoms with Gasteiger partial charge < -0.3 is 10.8 Å². The van der Waals surface area contributed by atoms with E-state index in [1.54, 1.807) is 6.92 Å². The SMILES string of the molecule is Cc1ccc(F)cc1C(O)C(N)=O. The third kappa shape index (κ3) is 2.03. The first-order chi connectivity index (χ1) is 6.02. The molecule has 0 saturated carbocycles. The van der Waals surface area contributed by atoms with Crippen LogP contribution in [-0.2, 0) is 4.79 Å². The second-order valence-electron chi connectivity index (χ2n) is 2.81. The largest absolute Gasteiger partial charge is 0.378 e. The Balaban J connectivity index is 3.12. The van der Waals surface area contributed by atoms with E-state index in [4.69, 9.17) is 5.73 Å². The summed E-state index contributed by atoms with van der Waals surface area (Å²) in [6.07, 6.45) is -1.43. The molecule has 13 heavy (non-hydrogen) atoms. The van der Waals surface area contributed by atoms with Gasteiger partial charge in [0.05, 0.1) is 0 Å². The maximum Gasteiger partial charge on any atom is 0.250 e. The van der Waals surface area contributed by atoms with E-state index < -0.39 is 17.8 Å². The lowest BCUT2D eigenvalue weighted by Crippen LogP contribution is -2.21. The normalized spacial score (nSPS) is 12.5. The van der Waals surface area contributed by atoms with Crippen LogP contribution in [0.3, 0.4) is 0 Å². The van der Waals surface area contributed by atoms with Crippen molar-refractivity contribution in [1.82, 2.24) is 0 Å². The monoisotopic (exact) mass is 183 g/mol. The topological polar surface area (TPSA) is 63.3 Å². The maximum absolute atomic E-state index is 12.7. The number of aliphatic hydroxyl groups is 1. The molecule has 1 aromatic carbocycles. The van der Waals surface area contributed by atoms with Crippen LogP contribution in [0.1, 0.15) is 17.2 Å². The standard InChI is InChI=1S/C9H10FNO2/c1-5-2-3-6(10)4-7(5)8(12)9(11)13/h2-4,8,12H,1H3,(H2,11,13). The van der Waals surface area contributed by atoms with Crippen LogP contribution >= 0.6 is 0 Å². The number of aliphatic hydroxyl groups excluding tert-OH is 1. The summed E-state index contributed by atoms with van der Waals surface area (Å²) in [5.74, 6) is -1.38. The fourth-order valence-electron chi connectivity index (χ4n) is 1.06. The molecule has 1 rings (SSSR count). The summed E-state index contributed by atoms with van der Waals surface area (Å²) in [4.78, 5) is 10.6. The Morgan fingerprint density at radius 3 is 2.77 bits per heavy atom. The van der Waals surface area contributed by atoms with E-state index in [0.29, 0.717) is 5.56 Å². The van der Waals surface area contributed by atoms with E-state index in [-0.39, 0.29) is 5.56 Å². The summed E-state index contributed by atoms with van der Waals surface area (Å²) in [7, 11) is 0. The fourth-order valence-corrected chi connectivity index (χ4v) is 1.06.